The maximum absolute atomic E-state index is 5.30. The Hall–Kier alpha value is -4.22. The first-order valence-corrected chi connectivity index (χ1v) is 18.2. The molecule has 0 fully saturated rings. The van der Waals surface area contributed by atoms with Crippen LogP contribution in [0.25, 0.3) is 44.1 Å². The SMILES string of the molecule is CC(C)(C)c1c(CP(c2ccc3ccccc3n2)c2ccc3ccccc3n2)c(CP)cc(-c2ccccc2)c1-c1ccccc1. The van der Waals surface area contributed by atoms with Gasteiger partial charge in [0.2, 0.25) is 0 Å². The van der Waals surface area contributed by atoms with E-state index in [0.29, 0.717) is 0 Å². The largest absolute Gasteiger partial charge is 0.248 e. The second-order valence-electron chi connectivity index (χ2n) is 12.8. The van der Waals surface area contributed by atoms with Crippen molar-refractivity contribution in [1.82, 2.24) is 9.97 Å². The lowest BCUT2D eigenvalue weighted by atomic mass is 9.75. The normalized spacial score (nSPS) is 11.8. The van der Waals surface area contributed by atoms with Crippen LogP contribution in [0.5, 0.6) is 0 Å². The molecule has 0 aliphatic carbocycles. The molecule has 0 bridgehead atoms. The zero-order chi connectivity index (χ0) is 31.7. The van der Waals surface area contributed by atoms with Crippen LogP contribution in [0.4, 0.5) is 0 Å². The van der Waals surface area contributed by atoms with Crippen molar-refractivity contribution in [2.75, 3.05) is 0 Å². The minimum atomic E-state index is -0.936. The van der Waals surface area contributed by atoms with Crippen LogP contribution >= 0.6 is 17.2 Å². The van der Waals surface area contributed by atoms with Gasteiger partial charge in [0, 0.05) is 24.9 Å². The first-order valence-electron chi connectivity index (χ1n) is 15.9. The zero-order valence-electron chi connectivity index (χ0n) is 26.6. The summed E-state index contributed by atoms with van der Waals surface area (Å²) >= 11 is 0. The van der Waals surface area contributed by atoms with Crippen LogP contribution in [-0.4, -0.2) is 9.97 Å². The Labute approximate surface area is 275 Å². The summed E-state index contributed by atoms with van der Waals surface area (Å²) < 4.78 is 0. The molecule has 226 valence electrons. The van der Waals surface area contributed by atoms with Gasteiger partial charge in [-0.3, -0.25) is 0 Å². The van der Waals surface area contributed by atoms with E-state index in [-0.39, 0.29) is 5.41 Å². The number of rotatable bonds is 7. The molecule has 0 amide bonds. The number of hydrogen-bond acceptors (Lipinski definition) is 2. The van der Waals surface area contributed by atoms with Crippen molar-refractivity contribution in [3.63, 3.8) is 0 Å². The van der Waals surface area contributed by atoms with Crippen LogP contribution in [0, 0.1) is 0 Å². The molecule has 0 spiro atoms. The molecular formula is C42H38N2P2. The van der Waals surface area contributed by atoms with Crippen LogP contribution in [0.1, 0.15) is 37.5 Å². The number of pyridine rings is 2. The van der Waals surface area contributed by atoms with Crippen molar-refractivity contribution in [3.8, 4) is 22.3 Å². The summed E-state index contributed by atoms with van der Waals surface area (Å²) in [6.07, 6.45) is 1.73. The average molecular weight is 633 g/mol. The van der Waals surface area contributed by atoms with Crippen LogP contribution in [0.15, 0.2) is 140 Å². The summed E-state index contributed by atoms with van der Waals surface area (Å²) in [5.74, 6) is 0. The maximum Gasteiger partial charge on any atom is 0.0709 e. The molecule has 7 rings (SSSR count). The van der Waals surface area contributed by atoms with Gasteiger partial charge in [-0.25, -0.2) is 9.97 Å². The zero-order valence-corrected chi connectivity index (χ0v) is 28.7. The van der Waals surface area contributed by atoms with Gasteiger partial charge < -0.3 is 0 Å². The van der Waals surface area contributed by atoms with Crippen molar-refractivity contribution in [3.05, 3.63) is 156 Å². The molecule has 7 aromatic rings. The van der Waals surface area contributed by atoms with Crippen molar-refractivity contribution in [2.45, 2.75) is 38.5 Å². The molecule has 0 N–H and O–H groups in total. The Kier molecular flexibility index (Phi) is 8.52. The fourth-order valence-corrected chi connectivity index (χ4v) is 9.14. The molecule has 1 atom stereocenters. The van der Waals surface area contributed by atoms with Crippen molar-refractivity contribution in [2.24, 2.45) is 0 Å². The van der Waals surface area contributed by atoms with E-state index in [1.54, 1.807) is 0 Å². The van der Waals surface area contributed by atoms with Crippen LogP contribution in [0.2, 0.25) is 0 Å². The molecule has 0 saturated heterocycles. The Bertz CT molecular complexity index is 2070. The van der Waals surface area contributed by atoms with Crippen molar-refractivity contribution >= 4 is 49.8 Å². The quantitative estimate of drug-likeness (QED) is 0.163. The van der Waals surface area contributed by atoms with Crippen LogP contribution in [-0.2, 0) is 17.7 Å². The number of hydrogen-bond donors (Lipinski definition) is 0. The molecule has 0 saturated carbocycles. The highest BCUT2D eigenvalue weighted by Crippen LogP contribution is 2.48. The Morgan fingerprint density at radius 2 is 1.09 bits per heavy atom. The second kappa shape index (κ2) is 12.9. The standard InChI is InChI=1S/C42H38N2P2/c1-42(2,3)41-35(33(27-45)26-34(29-14-6-4-7-15-29)40(41)32-18-8-5-9-19-32)28-46(38-24-22-30-16-10-12-20-36(30)43-38)39-25-23-31-17-11-13-21-37(31)44-39/h4-26H,27-28,45H2,1-3H3. The number of benzene rings is 5. The lowest BCUT2D eigenvalue weighted by Gasteiger charge is -2.32. The first-order chi connectivity index (χ1) is 22.4. The minimum absolute atomic E-state index is 0.117. The predicted octanol–water partition coefficient (Wildman–Crippen LogP) is 10.4. The fourth-order valence-electron chi connectivity index (χ4n) is 6.57. The third-order valence-corrected chi connectivity index (χ3v) is 11.4. The molecule has 0 aliphatic heterocycles. The number of nitrogens with zero attached hydrogens (tertiary/aromatic N) is 2. The molecule has 46 heavy (non-hydrogen) atoms. The monoisotopic (exact) mass is 632 g/mol. The highest BCUT2D eigenvalue weighted by Gasteiger charge is 2.30. The lowest BCUT2D eigenvalue weighted by molar-refractivity contribution is 0.586. The summed E-state index contributed by atoms with van der Waals surface area (Å²) in [7, 11) is 2.09. The molecule has 5 aromatic carbocycles. The minimum Gasteiger partial charge on any atom is -0.248 e. The lowest BCUT2D eigenvalue weighted by Crippen LogP contribution is -2.23. The summed E-state index contributed by atoms with van der Waals surface area (Å²) in [6.45, 7) is 7.10. The third kappa shape index (κ3) is 6.01. The van der Waals surface area contributed by atoms with Gasteiger partial charge in [0.25, 0.3) is 0 Å². The second-order valence-corrected chi connectivity index (χ2v) is 15.3. The third-order valence-electron chi connectivity index (χ3n) is 8.68. The summed E-state index contributed by atoms with van der Waals surface area (Å²) in [6, 6.07) is 50.0. The molecule has 0 aliphatic rings. The summed E-state index contributed by atoms with van der Waals surface area (Å²) in [4.78, 5) is 10.6. The van der Waals surface area contributed by atoms with E-state index in [2.05, 4.69) is 170 Å². The van der Waals surface area contributed by atoms with Crippen molar-refractivity contribution in [1.29, 1.82) is 0 Å². The van der Waals surface area contributed by atoms with E-state index in [4.69, 9.17) is 9.97 Å². The Morgan fingerprint density at radius 3 is 1.61 bits per heavy atom. The fraction of sp³-hybridized carbons (Fsp3) is 0.143. The molecular weight excluding hydrogens is 594 g/mol. The van der Waals surface area contributed by atoms with E-state index in [1.165, 1.54) is 38.9 Å². The highest BCUT2D eigenvalue weighted by molar-refractivity contribution is 7.71. The Balaban J connectivity index is 1.51. The van der Waals surface area contributed by atoms with E-state index < -0.39 is 7.92 Å². The smallest absolute Gasteiger partial charge is 0.0709 e. The molecule has 2 nitrogen and oxygen atoms in total. The van der Waals surface area contributed by atoms with Crippen LogP contribution in [0.3, 0.4) is 0 Å². The highest BCUT2D eigenvalue weighted by atomic mass is 31.1. The molecule has 1 unspecified atom stereocenters. The van der Waals surface area contributed by atoms with Gasteiger partial charge in [0.1, 0.15) is 0 Å². The van der Waals surface area contributed by atoms with Gasteiger partial charge in [-0.05, 0) is 80.9 Å². The molecule has 2 heterocycles. The first kappa shape index (κ1) is 30.4. The number of para-hydroxylation sites is 2. The average Bonchev–Trinajstić information content (AvgIpc) is 3.10. The Morgan fingerprint density at radius 1 is 0.587 bits per heavy atom. The summed E-state index contributed by atoms with van der Waals surface area (Å²) in [5, 5.41) is 2.32. The van der Waals surface area contributed by atoms with Gasteiger partial charge in [-0.1, -0.05) is 130 Å². The summed E-state index contributed by atoms with van der Waals surface area (Å²) in [5.41, 5.74) is 13.5. The van der Waals surface area contributed by atoms with E-state index in [1.807, 2.05) is 0 Å². The number of fused-ring (bicyclic) bond motifs is 2. The van der Waals surface area contributed by atoms with E-state index in [9.17, 15) is 0 Å². The maximum atomic E-state index is 5.30. The van der Waals surface area contributed by atoms with E-state index >= 15 is 0 Å². The number of aromatic nitrogens is 2. The van der Waals surface area contributed by atoms with Gasteiger partial charge >= 0.3 is 0 Å². The molecule has 4 heteroatoms. The molecule has 2 aromatic heterocycles. The van der Waals surface area contributed by atoms with Gasteiger partial charge in [-0.2, -0.15) is 0 Å². The van der Waals surface area contributed by atoms with Crippen LogP contribution < -0.4 is 10.9 Å². The molecule has 0 radical (unpaired) electrons. The van der Waals surface area contributed by atoms with Gasteiger partial charge in [0.05, 0.1) is 21.9 Å². The van der Waals surface area contributed by atoms with E-state index in [0.717, 1.165) is 45.0 Å². The predicted molar refractivity (Wildman–Crippen MR) is 203 cm³/mol. The van der Waals surface area contributed by atoms with Gasteiger partial charge in [-0.15, -0.1) is 9.24 Å². The van der Waals surface area contributed by atoms with Gasteiger partial charge in [0.15, 0.2) is 0 Å². The van der Waals surface area contributed by atoms with Crippen molar-refractivity contribution < 1.29 is 0 Å². The topological polar surface area (TPSA) is 25.8 Å².